The molecule has 0 aromatic heterocycles. The van der Waals surface area contributed by atoms with Crippen LogP contribution < -0.4 is 5.32 Å². The Balaban J connectivity index is -0.000000218. The third-order valence-corrected chi connectivity index (χ3v) is 1.19. The largest absolute Gasteiger partial charge is 0.383 e. The van der Waals surface area contributed by atoms with Crippen molar-refractivity contribution >= 4 is 0 Å². The Kier molecular flexibility index (Phi) is 42.6. The molecule has 0 fully saturated rings. The van der Waals surface area contributed by atoms with Crippen LogP contribution in [-0.4, -0.2) is 26.8 Å². The molecule has 0 spiro atoms. The van der Waals surface area contributed by atoms with Gasteiger partial charge >= 0.3 is 0 Å². The lowest BCUT2D eigenvalue weighted by Gasteiger charge is -2.00. The number of rotatable bonds is 6. The van der Waals surface area contributed by atoms with E-state index in [0.717, 1.165) is 19.7 Å². The summed E-state index contributed by atoms with van der Waals surface area (Å²) < 4.78 is 4.86. The summed E-state index contributed by atoms with van der Waals surface area (Å²) in [4.78, 5) is 0. The predicted molar refractivity (Wildman–Crippen MR) is 62.3 cm³/mol. The first-order chi connectivity index (χ1) is 6.41. The summed E-state index contributed by atoms with van der Waals surface area (Å²) in [6.07, 6.45) is 2.53. The van der Waals surface area contributed by atoms with Crippen molar-refractivity contribution in [2.45, 2.75) is 47.5 Å². The monoisotopic (exact) mass is 191 g/mol. The first kappa shape index (κ1) is 18.7. The quantitative estimate of drug-likeness (QED) is 0.651. The van der Waals surface area contributed by atoms with E-state index in [2.05, 4.69) is 12.2 Å². The Hall–Kier alpha value is -0.0800. The zero-order valence-electron chi connectivity index (χ0n) is 10.4. The minimum atomic E-state index is 0.823. The van der Waals surface area contributed by atoms with E-state index >= 15 is 0 Å². The van der Waals surface area contributed by atoms with E-state index in [1.807, 2.05) is 27.7 Å². The Morgan fingerprint density at radius 3 is 1.92 bits per heavy atom. The molecule has 0 unspecified atom stereocenters. The van der Waals surface area contributed by atoms with Gasteiger partial charge in [0.25, 0.3) is 0 Å². The maximum atomic E-state index is 4.86. The molecule has 0 aromatic rings. The first-order valence-electron chi connectivity index (χ1n) is 5.61. The summed E-state index contributed by atoms with van der Waals surface area (Å²) in [5.41, 5.74) is 0. The van der Waals surface area contributed by atoms with Gasteiger partial charge in [-0.15, -0.1) is 0 Å². The van der Waals surface area contributed by atoms with Crippen molar-refractivity contribution in [1.82, 2.24) is 5.32 Å². The van der Waals surface area contributed by atoms with Gasteiger partial charge in [-0.3, -0.25) is 0 Å². The second-order valence-electron chi connectivity index (χ2n) is 2.10. The summed E-state index contributed by atoms with van der Waals surface area (Å²) in [5.74, 6) is 0. The summed E-state index contributed by atoms with van der Waals surface area (Å²) in [6.45, 7) is 13.1. The van der Waals surface area contributed by atoms with Crippen LogP contribution in [0.25, 0.3) is 0 Å². The zero-order valence-corrected chi connectivity index (χ0v) is 10.4. The SMILES string of the molecule is CC.CC.CCCCNCCOC. The van der Waals surface area contributed by atoms with Crippen molar-refractivity contribution in [2.75, 3.05) is 26.8 Å². The van der Waals surface area contributed by atoms with E-state index in [1.165, 1.54) is 12.8 Å². The van der Waals surface area contributed by atoms with Gasteiger partial charge in [0.15, 0.2) is 0 Å². The van der Waals surface area contributed by atoms with Crippen LogP contribution >= 0.6 is 0 Å². The molecule has 0 aliphatic rings. The highest BCUT2D eigenvalue weighted by atomic mass is 16.5. The summed E-state index contributed by atoms with van der Waals surface area (Å²) in [6, 6.07) is 0. The van der Waals surface area contributed by atoms with Gasteiger partial charge in [-0.2, -0.15) is 0 Å². The molecule has 2 nitrogen and oxygen atoms in total. The Morgan fingerprint density at radius 2 is 1.54 bits per heavy atom. The average molecular weight is 191 g/mol. The van der Waals surface area contributed by atoms with Gasteiger partial charge in [-0.25, -0.2) is 0 Å². The molecule has 0 aliphatic heterocycles. The molecular formula is C11H29NO. The van der Waals surface area contributed by atoms with E-state index < -0.39 is 0 Å². The molecule has 0 heterocycles. The van der Waals surface area contributed by atoms with Crippen molar-refractivity contribution in [1.29, 1.82) is 0 Å². The molecule has 0 radical (unpaired) electrons. The van der Waals surface area contributed by atoms with Crippen LogP contribution in [0.1, 0.15) is 47.5 Å². The molecule has 0 bridgehead atoms. The highest BCUT2D eigenvalue weighted by molar-refractivity contribution is 4.44. The summed E-state index contributed by atoms with van der Waals surface area (Å²) in [5, 5.41) is 3.26. The molecule has 0 aliphatic carbocycles. The van der Waals surface area contributed by atoms with Crippen LogP contribution in [0.4, 0.5) is 0 Å². The third-order valence-electron chi connectivity index (χ3n) is 1.19. The van der Waals surface area contributed by atoms with Crippen molar-refractivity contribution in [2.24, 2.45) is 0 Å². The normalized spacial score (nSPS) is 7.85. The maximum absolute atomic E-state index is 4.86. The van der Waals surface area contributed by atoms with E-state index in [4.69, 9.17) is 4.74 Å². The fourth-order valence-electron chi connectivity index (χ4n) is 0.601. The number of hydrogen-bond acceptors (Lipinski definition) is 2. The molecule has 84 valence electrons. The van der Waals surface area contributed by atoms with Gasteiger partial charge in [-0.1, -0.05) is 41.0 Å². The Morgan fingerprint density at radius 1 is 1.00 bits per heavy atom. The fraction of sp³-hybridized carbons (Fsp3) is 1.00. The van der Waals surface area contributed by atoms with Crippen LogP contribution in [0, 0.1) is 0 Å². The van der Waals surface area contributed by atoms with Crippen molar-refractivity contribution in [3.8, 4) is 0 Å². The number of methoxy groups -OCH3 is 1. The standard InChI is InChI=1S/C7H17NO.2C2H6/c1-3-4-5-8-6-7-9-2;2*1-2/h8H,3-7H2,1-2H3;2*1-2H3. The van der Waals surface area contributed by atoms with E-state index in [9.17, 15) is 0 Å². The van der Waals surface area contributed by atoms with Gasteiger partial charge in [0.05, 0.1) is 6.61 Å². The van der Waals surface area contributed by atoms with E-state index in [0.29, 0.717) is 0 Å². The molecule has 1 N–H and O–H groups in total. The predicted octanol–water partition coefficient (Wildman–Crippen LogP) is 3.07. The van der Waals surface area contributed by atoms with Gasteiger partial charge in [0.2, 0.25) is 0 Å². The van der Waals surface area contributed by atoms with Gasteiger partial charge in [0, 0.05) is 13.7 Å². The Labute approximate surface area is 85.1 Å². The highest BCUT2D eigenvalue weighted by Gasteiger charge is 1.83. The lowest BCUT2D eigenvalue weighted by atomic mass is 10.3. The maximum Gasteiger partial charge on any atom is 0.0587 e. The van der Waals surface area contributed by atoms with Crippen molar-refractivity contribution in [3.05, 3.63) is 0 Å². The molecule has 13 heavy (non-hydrogen) atoms. The number of ether oxygens (including phenoxy) is 1. The van der Waals surface area contributed by atoms with E-state index in [1.54, 1.807) is 7.11 Å². The lowest BCUT2D eigenvalue weighted by molar-refractivity contribution is 0.199. The first-order valence-corrected chi connectivity index (χ1v) is 5.61. The smallest absolute Gasteiger partial charge is 0.0587 e. The second kappa shape index (κ2) is 29.7. The zero-order chi connectivity index (χ0) is 10.9. The number of nitrogens with one attached hydrogen (secondary N) is 1. The summed E-state index contributed by atoms with van der Waals surface area (Å²) >= 11 is 0. The molecule has 0 aromatic carbocycles. The van der Waals surface area contributed by atoms with Crippen LogP contribution in [0.5, 0.6) is 0 Å². The number of unbranched alkanes of at least 4 members (excludes halogenated alkanes) is 1. The second-order valence-corrected chi connectivity index (χ2v) is 2.10. The fourth-order valence-corrected chi connectivity index (χ4v) is 0.601. The lowest BCUT2D eigenvalue weighted by Crippen LogP contribution is -2.19. The molecule has 0 atom stereocenters. The molecule has 0 saturated heterocycles. The topological polar surface area (TPSA) is 21.3 Å². The van der Waals surface area contributed by atoms with Crippen LogP contribution in [0.15, 0.2) is 0 Å². The van der Waals surface area contributed by atoms with Crippen LogP contribution in [0.2, 0.25) is 0 Å². The van der Waals surface area contributed by atoms with Crippen LogP contribution in [0.3, 0.4) is 0 Å². The number of hydrogen-bond donors (Lipinski definition) is 1. The molecule has 0 rings (SSSR count). The van der Waals surface area contributed by atoms with Crippen molar-refractivity contribution in [3.63, 3.8) is 0 Å². The highest BCUT2D eigenvalue weighted by Crippen LogP contribution is 1.80. The van der Waals surface area contributed by atoms with Gasteiger partial charge < -0.3 is 10.1 Å². The minimum Gasteiger partial charge on any atom is -0.383 e. The molecular weight excluding hydrogens is 162 g/mol. The van der Waals surface area contributed by atoms with Gasteiger partial charge in [-0.05, 0) is 13.0 Å². The summed E-state index contributed by atoms with van der Waals surface area (Å²) in [7, 11) is 1.72. The minimum absolute atomic E-state index is 0.823. The van der Waals surface area contributed by atoms with Gasteiger partial charge in [0.1, 0.15) is 0 Å². The van der Waals surface area contributed by atoms with Crippen LogP contribution in [-0.2, 0) is 4.74 Å². The molecule has 2 heteroatoms. The molecule has 0 saturated carbocycles. The Bertz CT molecular complexity index is 43.4. The molecule has 0 amide bonds. The van der Waals surface area contributed by atoms with E-state index in [-0.39, 0.29) is 0 Å². The third kappa shape index (κ3) is 33.5. The average Bonchev–Trinajstić information content (AvgIpc) is 2.24. The van der Waals surface area contributed by atoms with Crippen molar-refractivity contribution < 1.29 is 4.74 Å².